The molecule has 4 nitrogen and oxygen atoms in total. The van der Waals surface area contributed by atoms with Crippen LogP contribution in [0.5, 0.6) is 0 Å². The summed E-state index contributed by atoms with van der Waals surface area (Å²) in [6.07, 6.45) is 6.38. The summed E-state index contributed by atoms with van der Waals surface area (Å²) < 4.78 is 10.6. The van der Waals surface area contributed by atoms with E-state index in [-0.39, 0.29) is 18.3 Å². The molecule has 1 saturated carbocycles. The Morgan fingerprint density at radius 1 is 1.00 bits per heavy atom. The minimum atomic E-state index is -0.481. The minimum Gasteiger partial charge on any atom is -0.462 e. The van der Waals surface area contributed by atoms with Crippen LogP contribution in [0.25, 0.3) is 0 Å². The summed E-state index contributed by atoms with van der Waals surface area (Å²) in [6, 6.07) is 6.66. The topological polar surface area (TPSA) is 52.6 Å². The monoisotopic (exact) mass is 290 g/mol. The summed E-state index contributed by atoms with van der Waals surface area (Å²) in [4.78, 5) is 24.2. The zero-order valence-corrected chi connectivity index (χ0v) is 12.5. The van der Waals surface area contributed by atoms with Crippen molar-refractivity contribution in [1.29, 1.82) is 0 Å². The molecule has 0 N–H and O–H groups in total. The van der Waals surface area contributed by atoms with Gasteiger partial charge in [0.05, 0.1) is 17.7 Å². The van der Waals surface area contributed by atoms with E-state index in [1.54, 1.807) is 31.2 Å². The summed E-state index contributed by atoms with van der Waals surface area (Å²) in [5.41, 5.74) is 0.568. The highest BCUT2D eigenvalue weighted by atomic mass is 16.5. The molecule has 0 unspecified atom stereocenters. The van der Waals surface area contributed by atoms with Gasteiger partial charge >= 0.3 is 11.9 Å². The van der Waals surface area contributed by atoms with Gasteiger partial charge in [0.25, 0.3) is 0 Å². The molecule has 0 atom stereocenters. The van der Waals surface area contributed by atoms with Crippen molar-refractivity contribution < 1.29 is 19.1 Å². The van der Waals surface area contributed by atoms with Gasteiger partial charge in [-0.3, -0.25) is 0 Å². The fourth-order valence-corrected chi connectivity index (χ4v) is 2.62. The standard InChI is InChI=1S/C17H22O4/c1-2-20-16(18)14-11-7-8-12-15(14)17(19)21-13-9-5-3-4-6-10-13/h7-8,11-13H,2-6,9-10H2,1H3. The second-order valence-electron chi connectivity index (χ2n) is 5.28. The Morgan fingerprint density at radius 2 is 1.57 bits per heavy atom. The van der Waals surface area contributed by atoms with Crippen LogP contribution in [0.15, 0.2) is 24.3 Å². The van der Waals surface area contributed by atoms with Gasteiger partial charge in [-0.2, -0.15) is 0 Å². The van der Waals surface area contributed by atoms with Crippen LogP contribution in [0.1, 0.15) is 66.2 Å². The molecule has 21 heavy (non-hydrogen) atoms. The Hall–Kier alpha value is -1.84. The van der Waals surface area contributed by atoms with Crippen LogP contribution in [0.3, 0.4) is 0 Å². The highest BCUT2D eigenvalue weighted by Gasteiger charge is 2.22. The number of esters is 2. The number of benzene rings is 1. The quantitative estimate of drug-likeness (QED) is 0.626. The van der Waals surface area contributed by atoms with Crippen molar-refractivity contribution in [3.63, 3.8) is 0 Å². The molecule has 4 heteroatoms. The molecule has 1 aliphatic carbocycles. The highest BCUT2D eigenvalue weighted by Crippen LogP contribution is 2.22. The van der Waals surface area contributed by atoms with Crippen molar-refractivity contribution in [2.75, 3.05) is 6.61 Å². The van der Waals surface area contributed by atoms with E-state index in [0.717, 1.165) is 25.7 Å². The first-order valence-corrected chi connectivity index (χ1v) is 7.69. The molecule has 1 fully saturated rings. The maximum Gasteiger partial charge on any atom is 0.339 e. The van der Waals surface area contributed by atoms with Crippen molar-refractivity contribution in [3.05, 3.63) is 35.4 Å². The molecule has 0 saturated heterocycles. The predicted octanol–water partition coefficient (Wildman–Crippen LogP) is 3.74. The number of hydrogen-bond acceptors (Lipinski definition) is 4. The van der Waals surface area contributed by atoms with E-state index in [1.165, 1.54) is 12.8 Å². The van der Waals surface area contributed by atoms with E-state index >= 15 is 0 Å². The third-order valence-electron chi connectivity index (χ3n) is 3.72. The fraction of sp³-hybridized carbons (Fsp3) is 0.529. The third-order valence-corrected chi connectivity index (χ3v) is 3.72. The largest absolute Gasteiger partial charge is 0.462 e. The van der Waals surface area contributed by atoms with Crippen LogP contribution in [0.2, 0.25) is 0 Å². The Bertz CT molecular complexity index is 487. The average Bonchev–Trinajstić information content (AvgIpc) is 2.76. The molecule has 114 valence electrons. The molecule has 0 heterocycles. The Kier molecular flexibility index (Phi) is 5.78. The zero-order valence-electron chi connectivity index (χ0n) is 12.5. The van der Waals surface area contributed by atoms with Gasteiger partial charge in [-0.25, -0.2) is 9.59 Å². The van der Waals surface area contributed by atoms with Crippen LogP contribution in [0.4, 0.5) is 0 Å². The van der Waals surface area contributed by atoms with Crippen molar-refractivity contribution in [1.82, 2.24) is 0 Å². The van der Waals surface area contributed by atoms with Gasteiger partial charge in [-0.05, 0) is 44.7 Å². The zero-order chi connectivity index (χ0) is 15.1. The molecule has 0 aromatic heterocycles. The third kappa shape index (κ3) is 4.31. The lowest BCUT2D eigenvalue weighted by atomic mass is 10.1. The fourth-order valence-electron chi connectivity index (χ4n) is 2.62. The van der Waals surface area contributed by atoms with Crippen LogP contribution < -0.4 is 0 Å². The second kappa shape index (κ2) is 7.81. The number of rotatable bonds is 4. The van der Waals surface area contributed by atoms with Gasteiger partial charge in [0.1, 0.15) is 6.10 Å². The minimum absolute atomic E-state index is 0.0322. The number of ether oxygens (including phenoxy) is 2. The van der Waals surface area contributed by atoms with Crippen LogP contribution in [0, 0.1) is 0 Å². The first kappa shape index (κ1) is 15.5. The highest BCUT2D eigenvalue weighted by molar-refractivity contribution is 6.03. The maximum atomic E-state index is 12.3. The molecular formula is C17H22O4. The molecule has 0 spiro atoms. The first-order valence-electron chi connectivity index (χ1n) is 7.69. The average molecular weight is 290 g/mol. The van der Waals surface area contributed by atoms with Crippen molar-refractivity contribution >= 4 is 11.9 Å². The number of carbonyl (C=O) groups is 2. The van der Waals surface area contributed by atoms with Crippen molar-refractivity contribution in [3.8, 4) is 0 Å². The van der Waals surface area contributed by atoms with E-state index in [1.807, 2.05) is 0 Å². The van der Waals surface area contributed by atoms with E-state index in [4.69, 9.17) is 9.47 Å². The summed E-state index contributed by atoms with van der Waals surface area (Å²) in [5.74, 6) is -0.906. The predicted molar refractivity (Wildman–Crippen MR) is 79.3 cm³/mol. The van der Waals surface area contributed by atoms with Gasteiger partial charge in [-0.1, -0.05) is 25.0 Å². The molecule has 1 aromatic carbocycles. The Labute approximate surface area is 125 Å². The molecule has 0 bridgehead atoms. The Balaban J connectivity index is 2.09. The summed E-state index contributed by atoms with van der Waals surface area (Å²) in [6.45, 7) is 2.02. The van der Waals surface area contributed by atoms with E-state index in [9.17, 15) is 9.59 Å². The second-order valence-corrected chi connectivity index (χ2v) is 5.28. The van der Waals surface area contributed by atoms with Crippen molar-refractivity contribution in [2.24, 2.45) is 0 Å². The van der Waals surface area contributed by atoms with Crippen LogP contribution >= 0.6 is 0 Å². The maximum absolute atomic E-state index is 12.3. The summed E-state index contributed by atoms with van der Waals surface area (Å²) in [7, 11) is 0. The molecule has 2 rings (SSSR count). The van der Waals surface area contributed by atoms with E-state index in [0.29, 0.717) is 5.56 Å². The SMILES string of the molecule is CCOC(=O)c1ccccc1C(=O)OC1CCCCCC1. The van der Waals surface area contributed by atoms with E-state index < -0.39 is 11.9 Å². The first-order chi connectivity index (χ1) is 10.2. The van der Waals surface area contributed by atoms with Gasteiger partial charge in [-0.15, -0.1) is 0 Å². The summed E-state index contributed by atoms with van der Waals surface area (Å²) in [5, 5.41) is 0. The summed E-state index contributed by atoms with van der Waals surface area (Å²) >= 11 is 0. The van der Waals surface area contributed by atoms with Crippen LogP contribution in [-0.2, 0) is 9.47 Å². The number of carbonyl (C=O) groups excluding carboxylic acids is 2. The normalized spacial score (nSPS) is 16.0. The van der Waals surface area contributed by atoms with E-state index in [2.05, 4.69) is 0 Å². The Morgan fingerprint density at radius 3 is 2.14 bits per heavy atom. The smallest absolute Gasteiger partial charge is 0.339 e. The molecule has 0 radical (unpaired) electrons. The lowest BCUT2D eigenvalue weighted by molar-refractivity contribution is 0.0258. The van der Waals surface area contributed by atoms with Gasteiger partial charge in [0, 0.05) is 0 Å². The number of hydrogen-bond donors (Lipinski definition) is 0. The molecule has 0 amide bonds. The lowest BCUT2D eigenvalue weighted by Gasteiger charge is -2.16. The van der Waals surface area contributed by atoms with Gasteiger partial charge < -0.3 is 9.47 Å². The van der Waals surface area contributed by atoms with Gasteiger partial charge in [0.15, 0.2) is 0 Å². The molecule has 1 aromatic rings. The molecular weight excluding hydrogens is 268 g/mol. The van der Waals surface area contributed by atoms with Crippen LogP contribution in [-0.4, -0.2) is 24.6 Å². The molecule has 1 aliphatic rings. The van der Waals surface area contributed by atoms with Gasteiger partial charge in [0.2, 0.25) is 0 Å². The van der Waals surface area contributed by atoms with Crippen molar-refractivity contribution in [2.45, 2.75) is 51.6 Å². The molecule has 0 aliphatic heterocycles. The lowest BCUT2D eigenvalue weighted by Crippen LogP contribution is -2.20.